The topological polar surface area (TPSA) is 45.2 Å². The number of rotatable bonds is 5. The van der Waals surface area contributed by atoms with Crippen molar-refractivity contribution in [1.29, 1.82) is 0 Å². The quantitative estimate of drug-likeness (QED) is 0.828. The monoisotopic (exact) mass is 285 g/mol. The molecule has 6 heteroatoms. The fourth-order valence-electron chi connectivity index (χ4n) is 2.14. The second kappa shape index (κ2) is 6.96. The Morgan fingerprint density at radius 1 is 1.47 bits per heavy atom. The van der Waals surface area contributed by atoms with Crippen LogP contribution in [0.1, 0.15) is 18.9 Å². The number of aromatic nitrogens is 1. The van der Waals surface area contributed by atoms with E-state index >= 15 is 0 Å². The van der Waals surface area contributed by atoms with Gasteiger partial charge in [0.05, 0.1) is 6.20 Å². The number of nitrogens with one attached hydrogen (secondary N) is 1. The van der Waals surface area contributed by atoms with Gasteiger partial charge in [-0.1, -0.05) is 6.92 Å². The molecule has 0 spiro atoms. The molecule has 2 rings (SSSR count). The Morgan fingerprint density at radius 2 is 2.21 bits per heavy atom. The molecule has 1 N–H and O–H groups in total. The summed E-state index contributed by atoms with van der Waals surface area (Å²) in [5.74, 6) is 1.85. The van der Waals surface area contributed by atoms with E-state index in [1.54, 1.807) is 0 Å². The zero-order chi connectivity index (χ0) is 13.7. The Labute approximate surface area is 115 Å². The predicted octanol–water partition coefficient (Wildman–Crippen LogP) is 1.29. The fourth-order valence-corrected chi connectivity index (χ4v) is 3.19. The molecule has 106 valence electrons. The first kappa shape index (κ1) is 14.4. The van der Waals surface area contributed by atoms with E-state index in [1.165, 1.54) is 12.3 Å². The summed E-state index contributed by atoms with van der Waals surface area (Å²) in [6.07, 6.45) is 2.30. The van der Waals surface area contributed by atoms with E-state index in [0.717, 1.165) is 37.4 Å². The third-order valence-corrected chi connectivity index (χ3v) is 4.40. The van der Waals surface area contributed by atoms with Crippen LogP contribution in [0.3, 0.4) is 0 Å². The van der Waals surface area contributed by atoms with Gasteiger partial charge in [-0.05, 0) is 19.0 Å². The first-order valence-corrected chi connectivity index (χ1v) is 8.14. The maximum absolute atomic E-state index is 13.3. The smallest absolute Gasteiger partial charge is 0.141 e. The standard InChI is InChI=1S/C13H20FN3OS/c1-2-3-15-9-11-8-12(14)10-16-13(11)17-4-6-19(18)7-5-17/h8,10,15H,2-7,9H2,1H3. The Morgan fingerprint density at radius 3 is 2.89 bits per heavy atom. The summed E-state index contributed by atoms with van der Waals surface area (Å²) in [4.78, 5) is 6.32. The largest absolute Gasteiger partial charge is 0.355 e. The SMILES string of the molecule is CCCNCc1cc(F)cnc1N1CCS(=O)CC1. The van der Waals surface area contributed by atoms with E-state index in [-0.39, 0.29) is 5.82 Å². The summed E-state index contributed by atoms with van der Waals surface area (Å²) in [7, 11) is -0.712. The van der Waals surface area contributed by atoms with Gasteiger partial charge in [-0.15, -0.1) is 0 Å². The van der Waals surface area contributed by atoms with Crippen LogP contribution < -0.4 is 10.2 Å². The van der Waals surface area contributed by atoms with Gasteiger partial charge in [0.25, 0.3) is 0 Å². The lowest BCUT2D eigenvalue weighted by Crippen LogP contribution is -2.39. The average molecular weight is 285 g/mol. The molecule has 0 radical (unpaired) electrons. The van der Waals surface area contributed by atoms with Crippen molar-refractivity contribution in [3.63, 3.8) is 0 Å². The van der Waals surface area contributed by atoms with Gasteiger partial charge in [0, 0.05) is 47.5 Å². The molecule has 19 heavy (non-hydrogen) atoms. The van der Waals surface area contributed by atoms with Crippen molar-refractivity contribution in [1.82, 2.24) is 10.3 Å². The molecule has 0 aromatic carbocycles. The number of pyridine rings is 1. The Balaban J connectivity index is 2.11. The summed E-state index contributed by atoms with van der Waals surface area (Å²) >= 11 is 0. The van der Waals surface area contributed by atoms with Gasteiger partial charge in [0.15, 0.2) is 0 Å². The zero-order valence-corrected chi connectivity index (χ0v) is 12.0. The zero-order valence-electron chi connectivity index (χ0n) is 11.2. The van der Waals surface area contributed by atoms with Gasteiger partial charge >= 0.3 is 0 Å². The first-order valence-electron chi connectivity index (χ1n) is 6.65. The third kappa shape index (κ3) is 3.98. The molecule has 0 bridgehead atoms. The van der Waals surface area contributed by atoms with E-state index in [2.05, 4.69) is 22.1 Å². The Kier molecular flexibility index (Phi) is 5.27. The van der Waals surface area contributed by atoms with Crippen molar-refractivity contribution in [3.8, 4) is 0 Å². The molecular formula is C13H20FN3OS. The molecule has 1 fully saturated rings. The minimum Gasteiger partial charge on any atom is -0.355 e. The van der Waals surface area contributed by atoms with Crippen LogP contribution in [-0.2, 0) is 17.3 Å². The van der Waals surface area contributed by atoms with Crippen LogP contribution in [0.2, 0.25) is 0 Å². The average Bonchev–Trinajstić information content (AvgIpc) is 2.41. The maximum Gasteiger partial charge on any atom is 0.141 e. The van der Waals surface area contributed by atoms with Crippen LogP contribution in [0.5, 0.6) is 0 Å². The fraction of sp³-hybridized carbons (Fsp3) is 0.615. The highest BCUT2D eigenvalue weighted by Gasteiger charge is 2.19. The van der Waals surface area contributed by atoms with Crippen LogP contribution >= 0.6 is 0 Å². The van der Waals surface area contributed by atoms with E-state index in [4.69, 9.17) is 0 Å². The Hall–Kier alpha value is -1.01. The molecule has 1 aromatic rings. The molecule has 1 aliphatic heterocycles. The van der Waals surface area contributed by atoms with Crippen LogP contribution in [0.25, 0.3) is 0 Å². The highest BCUT2D eigenvalue weighted by molar-refractivity contribution is 7.85. The summed E-state index contributed by atoms with van der Waals surface area (Å²) in [5, 5.41) is 3.27. The van der Waals surface area contributed by atoms with Crippen molar-refractivity contribution in [3.05, 3.63) is 23.6 Å². The van der Waals surface area contributed by atoms with Gasteiger partial charge in [-0.3, -0.25) is 4.21 Å². The number of hydrogen-bond acceptors (Lipinski definition) is 4. The van der Waals surface area contributed by atoms with E-state index in [0.29, 0.717) is 18.1 Å². The van der Waals surface area contributed by atoms with Gasteiger partial charge in [-0.2, -0.15) is 0 Å². The van der Waals surface area contributed by atoms with Crippen LogP contribution in [0.15, 0.2) is 12.3 Å². The number of hydrogen-bond donors (Lipinski definition) is 1. The molecule has 0 aliphatic carbocycles. The Bertz CT molecular complexity index is 446. The number of anilines is 1. The molecule has 4 nitrogen and oxygen atoms in total. The summed E-state index contributed by atoms with van der Waals surface area (Å²) < 4.78 is 24.7. The van der Waals surface area contributed by atoms with Crippen LogP contribution in [0, 0.1) is 5.82 Å². The number of nitrogens with zero attached hydrogens (tertiary/aromatic N) is 2. The summed E-state index contributed by atoms with van der Waals surface area (Å²) in [5.41, 5.74) is 0.876. The lowest BCUT2D eigenvalue weighted by molar-refractivity contribution is 0.609. The molecule has 0 unspecified atom stereocenters. The highest BCUT2D eigenvalue weighted by Crippen LogP contribution is 2.20. The third-order valence-electron chi connectivity index (χ3n) is 3.13. The molecule has 2 heterocycles. The normalized spacial score (nSPS) is 16.8. The van der Waals surface area contributed by atoms with Gasteiger partial charge in [0.1, 0.15) is 11.6 Å². The minimum atomic E-state index is -0.712. The molecule has 0 saturated carbocycles. The lowest BCUT2D eigenvalue weighted by Gasteiger charge is -2.29. The molecule has 1 saturated heterocycles. The van der Waals surface area contributed by atoms with Crippen LogP contribution in [-0.4, -0.2) is 40.3 Å². The minimum absolute atomic E-state index is 0.308. The second-order valence-electron chi connectivity index (χ2n) is 4.65. The molecule has 0 amide bonds. The molecule has 1 aliphatic rings. The van der Waals surface area contributed by atoms with Gasteiger partial charge in [-0.25, -0.2) is 9.37 Å². The summed E-state index contributed by atoms with van der Waals surface area (Å²) in [6, 6.07) is 1.54. The summed E-state index contributed by atoms with van der Waals surface area (Å²) in [6.45, 7) is 5.07. The van der Waals surface area contributed by atoms with Crippen molar-refractivity contribution >= 4 is 16.6 Å². The lowest BCUT2D eigenvalue weighted by atomic mass is 10.2. The van der Waals surface area contributed by atoms with E-state index in [9.17, 15) is 8.60 Å². The highest BCUT2D eigenvalue weighted by atomic mass is 32.2. The van der Waals surface area contributed by atoms with Gasteiger partial charge < -0.3 is 10.2 Å². The molecule has 0 atom stereocenters. The predicted molar refractivity (Wildman–Crippen MR) is 76.3 cm³/mol. The van der Waals surface area contributed by atoms with Gasteiger partial charge in [0.2, 0.25) is 0 Å². The van der Waals surface area contributed by atoms with E-state index in [1.807, 2.05) is 0 Å². The molecule has 1 aromatic heterocycles. The van der Waals surface area contributed by atoms with Crippen molar-refractivity contribution in [2.24, 2.45) is 0 Å². The van der Waals surface area contributed by atoms with Crippen molar-refractivity contribution in [2.45, 2.75) is 19.9 Å². The number of halogens is 1. The molecular weight excluding hydrogens is 265 g/mol. The maximum atomic E-state index is 13.3. The van der Waals surface area contributed by atoms with Crippen molar-refractivity contribution < 1.29 is 8.60 Å². The van der Waals surface area contributed by atoms with Crippen LogP contribution in [0.4, 0.5) is 10.2 Å². The van der Waals surface area contributed by atoms with E-state index < -0.39 is 10.8 Å². The first-order chi connectivity index (χ1) is 9.20. The van der Waals surface area contributed by atoms with Crippen molar-refractivity contribution in [2.75, 3.05) is 36.0 Å². The second-order valence-corrected chi connectivity index (χ2v) is 6.34.